The molecule has 1 aromatic carbocycles. The first-order valence-corrected chi connectivity index (χ1v) is 5.14. The summed E-state index contributed by atoms with van der Waals surface area (Å²) >= 11 is 11.0. The standard InChI is InChI=1S/C10H8Cl2O2/c11-10(12)9(13)7-1-2-8-6(5-7)3-4-14-8/h1-2,5,10H,3-4H2. The number of ketones is 1. The van der Waals surface area contributed by atoms with Crippen LogP contribution in [0.5, 0.6) is 5.75 Å². The Bertz CT molecular complexity index is 374. The van der Waals surface area contributed by atoms with E-state index in [1.807, 2.05) is 0 Å². The normalized spacial score (nSPS) is 13.9. The molecule has 74 valence electrons. The van der Waals surface area contributed by atoms with E-state index < -0.39 is 4.84 Å². The van der Waals surface area contributed by atoms with Crippen LogP contribution >= 0.6 is 23.2 Å². The van der Waals surface area contributed by atoms with Crippen molar-refractivity contribution in [3.05, 3.63) is 29.3 Å². The van der Waals surface area contributed by atoms with Gasteiger partial charge in [0.2, 0.25) is 0 Å². The Kier molecular flexibility index (Phi) is 2.66. The van der Waals surface area contributed by atoms with Crippen LogP contribution in [0.25, 0.3) is 0 Å². The third-order valence-electron chi connectivity index (χ3n) is 2.17. The molecular weight excluding hydrogens is 223 g/mol. The molecule has 14 heavy (non-hydrogen) atoms. The van der Waals surface area contributed by atoms with Crippen LogP contribution in [-0.4, -0.2) is 17.2 Å². The number of Topliss-reactive ketones (excluding diaryl/α,β-unsaturated/α-hetero) is 1. The smallest absolute Gasteiger partial charge is 0.195 e. The number of fused-ring (bicyclic) bond motifs is 1. The van der Waals surface area contributed by atoms with E-state index in [2.05, 4.69) is 0 Å². The number of alkyl halides is 2. The van der Waals surface area contributed by atoms with Gasteiger partial charge in [-0.15, -0.1) is 0 Å². The third kappa shape index (κ3) is 1.72. The molecule has 0 fully saturated rings. The largest absolute Gasteiger partial charge is 0.493 e. The van der Waals surface area contributed by atoms with E-state index in [-0.39, 0.29) is 5.78 Å². The zero-order valence-corrected chi connectivity index (χ0v) is 8.81. The Balaban J connectivity index is 2.33. The van der Waals surface area contributed by atoms with Crippen molar-refractivity contribution in [2.24, 2.45) is 0 Å². The molecule has 0 aromatic heterocycles. The minimum Gasteiger partial charge on any atom is -0.493 e. The van der Waals surface area contributed by atoms with Crippen molar-refractivity contribution in [2.45, 2.75) is 11.3 Å². The fourth-order valence-corrected chi connectivity index (χ4v) is 1.72. The van der Waals surface area contributed by atoms with E-state index in [0.29, 0.717) is 12.2 Å². The summed E-state index contributed by atoms with van der Waals surface area (Å²) in [6.07, 6.45) is 0.839. The topological polar surface area (TPSA) is 26.3 Å². The maximum atomic E-state index is 11.4. The van der Waals surface area contributed by atoms with Crippen molar-refractivity contribution in [3.63, 3.8) is 0 Å². The van der Waals surface area contributed by atoms with Crippen molar-refractivity contribution < 1.29 is 9.53 Å². The first-order valence-electron chi connectivity index (χ1n) is 4.26. The van der Waals surface area contributed by atoms with Gasteiger partial charge in [0.15, 0.2) is 10.6 Å². The predicted octanol–water partition coefficient (Wildman–Crippen LogP) is 2.61. The average molecular weight is 231 g/mol. The Morgan fingerprint density at radius 2 is 2.21 bits per heavy atom. The van der Waals surface area contributed by atoms with Crippen molar-refractivity contribution in [1.29, 1.82) is 0 Å². The molecule has 1 aliphatic heterocycles. The van der Waals surface area contributed by atoms with Gasteiger partial charge in [0.25, 0.3) is 0 Å². The maximum absolute atomic E-state index is 11.4. The van der Waals surface area contributed by atoms with E-state index in [1.54, 1.807) is 18.2 Å². The molecule has 0 aliphatic carbocycles. The van der Waals surface area contributed by atoms with E-state index in [1.165, 1.54) is 0 Å². The molecule has 0 amide bonds. The van der Waals surface area contributed by atoms with Crippen LogP contribution in [-0.2, 0) is 6.42 Å². The summed E-state index contributed by atoms with van der Waals surface area (Å²) in [7, 11) is 0. The van der Waals surface area contributed by atoms with Gasteiger partial charge in [0.1, 0.15) is 5.75 Å². The van der Waals surface area contributed by atoms with Crippen molar-refractivity contribution in [2.75, 3.05) is 6.61 Å². The maximum Gasteiger partial charge on any atom is 0.195 e. The number of benzene rings is 1. The lowest BCUT2D eigenvalue weighted by molar-refractivity contribution is 0.101. The van der Waals surface area contributed by atoms with Gasteiger partial charge in [0, 0.05) is 12.0 Å². The Morgan fingerprint density at radius 3 is 2.93 bits per heavy atom. The fraction of sp³-hybridized carbons (Fsp3) is 0.300. The van der Waals surface area contributed by atoms with Gasteiger partial charge in [-0.3, -0.25) is 4.79 Å². The van der Waals surface area contributed by atoms with Gasteiger partial charge in [0.05, 0.1) is 6.61 Å². The summed E-state index contributed by atoms with van der Waals surface area (Å²) in [6, 6.07) is 5.26. The SMILES string of the molecule is O=C(c1ccc2c(c1)CCO2)C(Cl)Cl. The van der Waals surface area contributed by atoms with Crippen molar-refractivity contribution in [1.82, 2.24) is 0 Å². The molecule has 0 saturated carbocycles. The Morgan fingerprint density at radius 1 is 1.43 bits per heavy atom. The molecule has 0 atom stereocenters. The highest BCUT2D eigenvalue weighted by Gasteiger charge is 2.18. The van der Waals surface area contributed by atoms with Gasteiger partial charge in [-0.2, -0.15) is 0 Å². The van der Waals surface area contributed by atoms with Gasteiger partial charge in [-0.25, -0.2) is 0 Å². The van der Waals surface area contributed by atoms with Crippen molar-refractivity contribution >= 4 is 29.0 Å². The second-order valence-electron chi connectivity index (χ2n) is 3.09. The Hall–Kier alpha value is -0.730. The van der Waals surface area contributed by atoms with Crippen LogP contribution in [0.1, 0.15) is 15.9 Å². The lowest BCUT2D eigenvalue weighted by Crippen LogP contribution is -2.07. The minimum absolute atomic E-state index is 0.261. The summed E-state index contributed by atoms with van der Waals surface area (Å²) in [5, 5.41) is 0. The number of rotatable bonds is 2. The summed E-state index contributed by atoms with van der Waals surface area (Å²) in [4.78, 5) is 10.4. The highest BCUT2D eigenvalue weighted by atomic mass is 35.5. The number of ether oxygens (including phenoxy) is 1. The molecule has 0 saturated heterocycles. The van der Waals surface area contributed by atoms with Crippen LogP contribution in [0.3, 0.4) is 0 Å². The van der Waals surface area contributed by atoms with Gasteiger partial charge >= 0.3 is 0 Å². The van der Waals surface area contributed by atoms with E-state index in [9.17, 15) is 4.79 Å². The molecule has 0 spiro atoms. The molecule has 0 bridgehead atoms. The van der Waals surface area contributed by atoms with Gasteiger partial charge < -0.3 is 4.74 Å². The number of halogens is 2. The third-order valence-corrected chi connectivity index (χ3v) is 2.57. The lowest BCUT2D eigenvalue weighted by Gasteiger charge is -2.03. The summed E-state index contributed by atoms with van der Waals surface area (Å²) in [6.45, 7) is 0.679. The zero-order valence-electron chi connectivity index (χ0n) is 7.30. The van der Waals surface area contributed by atoms with Crippen LogP contribution in [0.15, 0.2) is 18.2 Å². The van der Waals surface area contributed by atoms with E-state index in [4.69, 9.17) is 27.9 Å². The number of hydrogen-bond donors (Lipinski definition) is 0. The monoisotopic (exact) mass is 230 g/mol. The van der Waals surface area contributed by atoms with Crippen LogP contribution in [0.4, 0.5) is 0 Å². The van der Waals surface area contributed by atoms with E-state index in [0.717, 1.165) is 17.7 Å². The molecule has 0 unspecified atom stereocenters. The molecule has 4 heteroatoms. The fourth-order valence-electron chi connectivity index (χ4n) is 1.47. The van der Waals surface area contributed by atoms with Crippen LogP contribution in [0, 0.1) is 0 Å². The Labute approximate surface area is 91.8 Å². The lowest BCUT2D eigenvalue weighted by atomic mass is 10.1. The molecule has 2 nitrogen and oxygen atoms in total. The minimum atomic E-state index is -0.990. The molecule has 2 rings (SSSR count). The first kappa shape index (κ1) is 9.81. The molecule has 1 aliphatic rings. The zero-order chi connectivity index (χ0) is 10.1. The van der Waals surface area contributed by atoms with E-state index >= 15 is 0 Å². The highest BCUT2D eigenvalue weighted by Crippen LogP contribution is 2.26. The predicted molar refractivity (Wildman–Crippen MR) is 55.5 cm³/mol. The number of carbonyl (C=O) groups excluding carboxylic acids is 1. The van der Waals surface area contributed by atoms with Gasteiger partial charge in [-0.1, -0.05) is 23.2 Å². The molecule has 0 radical (unpaired) electrons. The number of carbonyl (C=O) groups is 1. The molecule has 1 aromatic rings. The first-order chi connectivity index (χ1) is 6.68. The van der Waals surface area contributed by atoms with Gasteiger partial charge in [-0.05, 0) is 23.8 Å². The average Bonchev–Trinajstić information content (AvgIpc) is 2.62. The summed E-state index contributed by atoms with van der Waals surface area (Å²) < 4.78 is 5.32. The second-order valence-corrected chi connectivity index (χ2v) is 4.18. The molecule has 1 heterocycles. The van der Waals surface area contributed by atoms with Crippen LogP contribution < -0.4 is 4.74 Å². The quantitative estimate of drug-likeness (QED) is 0.577. The summed E-state index contributed by atoms with van der Waals surface area (Å²) in [5.74, 6) is 0.588. The molecular formula is C10H8Cl2O2. The summed E-state index contributed by atoms with van der Waals surface area (Å²) in [5.41, 5.74) is 1.59. The van der Waals surface area contributed by atoms with Crippen molar-refractivity contribution in [3.8, 4) is 5.75 Å². The van der Waals surface area contributed by atoms with Crippen LogP contribution in [0.2, 0.25) is 0 Å². The highest BCUT2D eigenvalue weighted by molar-refractivity contribution is 6.55. The second kappa shape index (κ2) is 3.79. The molecule has 0 N–H and O–H groups in total. The number of hydrogen-bond acceptors (Lipinski definition) is 2.